The van der Waals surface area contributed by atoms with Gasteiger partial charge in [0, 0.05) is 10.7 Å². The van der Waals surface area contributed by atoms with Gasteiger partial charge in [0.05, 0.1) is 6.04 Å². The molecule has 1 heterocycles. The van der Waals surface area contributed by atoms with Crippen LogP contribution in [0.25, 0.3) is 0 Å². The summed E-state index contributed by atoms with van der Waals surface area (Å²) in [4.78, 5) is 16.3. The van der Waals surface area contributed by atoms with Gasteiger partial charge in [-0.25, -0.2) is 4.98 Å². The first-order valence-electron chi connectivity index (χ1n) is 6.18. The number of benzene rings is 1. The van der Waals surface area contributed by atoms with Crippen LogP contribution in [-0.4, -0.2) is 10.9 Å². The van der Waals surface area contributed by atoms with Crippen molar-refractivity contribution >= 4 is 21.8 Å². The molecule has 98 valence electrons. The predicted octanol–water partition coefficient (Wildman–Crippen LogP) is 3.73. The molecule has 0 bridgehead atoms. The molecular weight excluding hydrogens is 304 g/mol. The molecule has 0 aliphatic rings. The molecule has 1 aromatic heterocycles. The number of carbonyl (C=O) groups is 1. The number of rotatable bonds is 4. The Bertz CT molecular complexity index is 557. The third-order valence-electron chi connectivity index (χ3n) is 2.89. The lowest BCUT2D eigenvalue weighted by Crippen LogP contribution is -2.29. The highest BCUT2D eigenvalue weighted by Gasteiger charge is 2.16. The molecule has 3 nitrogen and oxygen atoms in total. The van der Waals surface area contributed by atoms with Crippen molar-refractivity contribution in [2.45, 2.75) is 19.4 Å². The average Bonchev–Trinajstić information content (AvgIpc) is 2.46. The minimum atomic E-state index is -0.164. The standard InChI is InChI=1S/C15H15BrN2O/c1-2-13(11-7-4-3-5-8-11)18-15(19)14-12(16)9-6-10-17-14/h3-10,13H,2H2,1H3,(H,18,19). The summed E-state index contributed by atoms with van der Waals surface area (Å²) in [6.45, 7) is 2.05. The first kappa shape index (κ1) is 13.7. The first-order chi connectivity index (χ1) is 9.22. The number of hydrogen-bond acceptors (Lipinski definition) is 2. The lowest BCUT2D eigenvalue weighted by Gasteiger charge is -2.17. The molecule has 2 aromatic rings. The van der Waals surface area contributed by atoms with Gasteiger partial charge in [-0.2, -0.15) is 0 Å². The topological polar surface area (TPSA) is 42.0 Å². The fourth-order valence-electron chi connectivity index (χ4n) is 1.89. The van der Waals surface area contributed by atoms with Gasteiger partial charge in [0.15, 0.2) is 0 Å². The van der Waals surface area contributed by atoms with Crippen LogP contribution in [-0.2, 0) is 0 Å². The maximum atomic E-state index is 12.2. The number of hydrogen-bond donors (Lipinski definition) is 1. The number of nitrogens with zero attached hydrogens (tertiary/aromatic N) is 1. The molecule has 1 amide bonds. The van der Waals surface area contributed by atoms with E-state index in [1.165, 1.54) is 0 Å². The second-order valence-corrected chi connectivity index (χ2v) is 5.03. The molecular formula is C15H15BrN2O. The van der Waals surface area contributed by atoms with Crippen LogP contribution in [0.1, 0.15) is 35.4 Å². The van der Waals surface area contributed by atoms with Crippen LogP contribution in [0.15, 0.2) is 53.1 Å². The summed E-state index contributed by atoms with van der Waals surface area (Å²) in [6, 6.07) is 13.5. The summed E-state index contributed by atoms with van der Waals surface area (Å²) in [5.74, 6) is -0.164. The Hall–Kier alpha value is -1.68. The van der Waals surface area contributed by atoms with Crippen molar-refractivity contribution in [1.82, 2.24) is 10.3 Å². The van der Waals surface area contributed by atoms with Crippen LogP contribution in [0.2, 0.25) is 0 Å². The van der Waals surface area contributed by atoms with E-state index in [2.05, 4.69) is 26.2 Å². The Labute approximate surface area is 121 Å². The van der Waals surface area contributed by atoms with E-state index in [0.717, 1.165) is 12.0 Å². The Morgan fingerprint density at radius 1 is 1.26 bits per heavy atom. The molecule has 1 N–H and O–H groups in total. The van der Waals surface area contributed by atoms with Gasteiger partial charge in [0.1, 0.15) is 5.69 Å². The summed E-state index contributed by atoms with van der Waals surface area (Å²) >= 11 is 3.34. The number of carbonyl (C=O) groups excluding carboxylic acids is 1. The Kier molecular flexibility index (Phi) is 4.68. The van der Waals surface area contributed by atoms with E-state index in [-0.39, 0.29) is 11.9 Å². The zero-order valence-electron chi connectivity index (χ0n) is 10.6. The second kappa shape index (κ2) is 6.48. The van der Waals surface area contributed by atoms with Crippen molar-refractivity contribution in [2.75, 3.05) is 0 Å². The highest BCUT2D eigenvalue weighted by Crippen LogP contribution is 2.18. The van der Waals surface area contributed by atoms with Gasteiger partial charge in [-0.1, -0.05) is 37.3 Å². The molecule has 0 aliphatic heterocycles. The average molecular weight is 319 g/mol. The minimum absolute atomic E-state index is 0.00241. The van der Waals surface area contributed by atoms with Gasteiger partial charge in [-0.15, -0.1) is 0 Å². The number of aromatic nitrogens is 1. The van der Waals surface area contributed by atoms with Crippen LogP contribution in [0.3, 0.4) is 0 Å². The minimum Gasteiger partial charge on any atom is -0.344 e. The third kappa shape index (κ3) is 3.41. The van der Waals surface area contributed by atoms with Gasteiger partial charge in [-0.05, 0) is 40.0 Å². The lowest BCUT2D eigenvalue weighted by molar-refractivity contribution is 0.0929. The molecule has 1 unspecified atom stereocenters. The molecule has 2 rings (SSSR count). The molecule has 1 aromatic carbocycles. The molecule has 0 radical (unpaired) electrons. The summed E-state index contributed by atoms with van der Waals surface area (Å²) in [5, 5.41) is 3.01. The molecule has 0 aliphatic carbocycles. The number of amides is 1. The van der Waals surface area contributed by atoms with Gasteiger partial charge in [0.2, 0.25) is 0 Å². The maximum Gasteiger partial charge on any atom is 0.271 e. The number of pyridine rings is 1. The molecule has 19 heavy (non-hydrogen) atoms. The monoisotopic (exact) mass is 318 g/mol. The van der Waals surface area contributed by atoms with Crippen molar-refractivity contribution in [1.29, 1.82) is 0 Å². The largest absolute Gasteiger partial charge is 0.344 e. The highest BCUT2D eigenvalue weighted by molar-refractivity contribution is 9.10. The fourth-order valence-corrected chi connectivity index (χ4v) is 2.32. The normalized spacial score (nSPS) is 11.9. The zero-order chi connectivity index (χ0) is 13.7. The smallest absolute Gasteiger partial charge is 0.271 e. The molecule has 1 atom stereocenters. The number of halogens is 1. The zero-order valence-corrected chi connectivity index (χ0v) is 12.2. The summed E-state index contributed by atoms with van der Waals surface area (Å²) in [7, 11) is 0. The molecule has 0 saturated heterocycles. The van der Waals surface area contributed by atoms with Crippen LogP contribution in [0.4, 0.5) is 0 Å². The maximum absolute atomic E-state index is 12.2. The molecule has 0 saturated carbocycles. The summed E-state index contributed by atoms with van der Waals surface area (Å²) in [6.07, 6.45) is 2.45. The Morgan fingerprint density at radius 2 is 2.00 bits per heavy atom. The van der Waals surface area contributed by atoms with Crippen LogP contribution in [0, 0.1) is 0 Å². The fraction of sp³-hybridized carbons (Fsp3) is 0.200. The SMILES string of the molecule is CCC(NC(=O)c1ncccc1Br)c1ccccc1. The van der Waals surface area contributed by atoms with Crippen LogP contribution < -0.4 is 5.32 Å². The van der Waals surface area contributed by atoms with E-state index < -0.39 is 0 Å². The highest BCUT2D eigenvalue weighted by atomic mass is 79.9. The van der Waals surface area contributed by atoms with E-state index >= 15 is 0 Å². The van der Waals surface area contributed by atoms with Crippen molar-refractivity contribution in [2.24, 2.45) is 0 Å². The summed E-state index contributed by atoms with van der Waals surface area (Å²) in [5.41, 5.74) is 1.52. The third-order valence-corrected chi connectivity index (χ3v) is 3.53. The van der Waals surface area contributed by atoms with E-state index in [9.17, 15) is 4.79 Å². The van der Waals surface area contributed by atoms with E-state index in [1.807, 2.05) is 43.3 Å². The van der Waals surface area contributed by atoms with Gasteiger partial charge < -0.3 is 5.32 Å². The lowest BCUT2D eigenvalue weighted by atomic mass is 10.0. The molecule has 0 fully saturated rings. The van der Waals surface area contributed by atoms with Gasteiger partial charge in [0.25, 0.3) is 5.91 Å². The van der Waals surface area contributed by atoms with Crippen molar-refractivity contribution < 1.29 is 4.79 Å². The van der Waals surface area contributed by atoms with E-state index in [0.29, 0.717) is 10.2 Å². The van der Waals surface area contributed by atoms with Crippen molar-refractivity contribution in [3.63, 3.8) is 0 Å². The van der Waals surface area contributed by atoms with Crippen molar-refractivity contribution in [3.8, 4) is 0 Å². The molecule has 0 spiro atoms. The predicted molar refractivity (Wildman–Crippen MR) is 78.9 cm³/mol. The molecule has 4 heteroatoms. The quantitative estimate of drug-likeness (QED) is 0.933. The van der Waals surface area contributed by atoms with Crippen molar-refractivity contribution in [3.05, 3.63) is 64.4 Å². The first-order valence-corrected chi connectivity index (χ1v) is 6.98. The summed E-state index contributed by atoms with van der Waals surface area (Å²) < 4.78 is 0.704. The van der Waals surface area contributed by atoms with E-state index in [4.69, 9.17) is 0 Å². The van der Waals surface area contributed by atoms with Gasteiger partial charge in [-0.3, -0.25) is 4.79 Å². The second-order valence-electron chi connectivity index (χ2n) is 4.18. The number of nitrogens with one attached hydrogen (secondary N) is 1. The van der Waals surface area contributed by atoms with Crippen LogP contribution in [0.5, 0.6) is 0 Å². The van der Waals surface area contributed by atoms with Gasteiger partial charge >= 0.3 is 0 Å². The Morgan fingerprint density at radius 3 is 2.63 bits per heavy atom. The van der Waals surface area contributed by atoms with E-state index in [1.54, 1.807) is 12.3 Å². The Balaban J connectivity index is 2.16. The van der Waals surface area contributed by atoms with Crippen LogP contribution >= 0.6 is 15.9 Å².